The maximum atomic E-state index is 13.0. The molecule has 1 amide bonds. The number of rotatable bonds is 5. The Labute approximate surface area is 177 Å². The Morgan fingerprint density at radius 1 is 1.24 bits per heavy atom. The number of carbonyl (C=O) groups is 1. The molecule has 2 aliphatic heterocycles. The van der Waals surface area contributed by atoms with Crippen LogP contribution < -0.4 is 5.32 Å². The third-order valence-corrected chi connectivity index (χ3v) is 9.64. The standard InChI is InChI=1S/C18H26ClN3O5S2/c1-3-21-7-9-22(10-8-21)29(26,27)14-4-5-16(19)15(12-14)17(23)20-18(2)6-11-28(24,25)13-18/h4-5,12H,3,6-11,13H2,1-2H3,(H,20,23). The van der Waals surface area contributed by atoms with Gasteiger partial charge in [0.05, 0.1) is 32.5 Å². The minimum Gasteiger partial charge on any atom is -0.346 e. The lowest BCUT2D eigenvalue weighted by atomic mass is 10.0. The van der Waals surface area contributed by atoms with Gasteiger partial charge in [-0.05, 0) is 38.1 Å². The highest BCUT2D eigenvalue weighted by atomic mass is 35.5. The van der Waals surface area contributed by atoms with E-state index in [0.717, 1.165) is 6.54 Å². The highest BCUT2D eigenvalue weighted by molar-refractivity contribution is 7.91. The minimum atomic E-state index is -3.76. The zero-order valence-electron chi connectivity index (χ0n) is 16.5. The molecule has 1 aromatic rings. The molecule has 1 unspecified atom stereocenters. The molecule has 0 bridgehead atoms. The second kappa shape index (κ2) is 8.14. The summed E-state index contributed by atoms with van der Waals surface area (Å²) in [6, 6.07) is 4.05. The smallest absolute Gasteiger partial charge is 0.253 e. The van der Waals surface area contributed by atoms with Crippen LogP contribution in [0.1, 0.15) is 30.6 Å². The molecule has 1 N–H and O–H groups in total. The number of likely N-dealkylation sites (N-methyl/N-ethyl adjacent to an activating group) is 1. The highest BCUT2D eigenvalue weighted by Gasteiger charge is 2.40. The first-order chi connectivity index (χ1) is 13.5. The van der Waals surface area contributed by atoms with Crippen LogP contribution in [0, 0.1) is 0 Å². The lowest BCUT2D eigenvalue weighted by molar-refractivity contribution is 0.0915. The van der Waals surface area contributed by atoms with Crippen molar-refractivity contribution >= 4 is 37.4 Å². The minimum absolute atomic E-state index is 0.00111. The molecule has 0 aliphatic carbocycles. The van der Waals surface area contributed by atoms with Crippen LogP contribution in [-0.4, -0.2) is 81.7 Å². The Kier molecular flexibility index (Phi) is 6.31. The zero-order chi connectivity index (χ0) is 21.4. The Balaban J connectivity index is 1.82. The molecule has 0 aromatic heterocycles. The Morgan fingerprint density at radius 3 is 2.45 bits per heavy atom. The SMILES string of the molecule is CCN1CCN(S(=O)(=O)c2ccc(Cl)c(C(=O)NC3(C)CCS(=O)(=O)C3)c2)CC1. The lowest BCUT2D eigenvalue weighted by Crippen LogP contribution is -2.48. The summed E-state index contributed by atoms with van der Waals surface area (Å²) in [4.78, 5) is 14.9. The number of halogens is 1. The van der Waals surface area contributed by atoms with Crippen molar-refractivity contribution in [3.63, 3.8) is 0 Å². The van der Waals surface area contributed by atoms with E-state index in [1.54, 1.807) is 6.92 Å². The number of sulfone groups is 1. The number of benzene rings is 1. The van der Waals surface area contributed by atoms with Gasteiger partial charge in [0.15, 0.2) is 9.84 Å². The molecule has 2 heterocycles. The Hall–Kier alpha value is -1.20. The van der Waals surface area contributed by atoms with Crippen molar-refractivity contribution in [2.75, 3.05) is 44.2 Å². The quantitative estimate of drug-likeness (QED) is 0.697. The lowest BCUT2D eigenvalue weighted by Gasteiger charge is -2.33. The van der Waals surface area contributed by atoms with Crippen molar-refractivity contribution in [2.24, 2.45) is 0 Å². The second-order valence-corrected chi connectivity index (χ2v) is 12.4. The number of hydrogen-bond donors (Lipinski definition) is 1. The topological polar surface area (TPSA) is 104 Å². The predicted octanol–water partition coefficient (Wildman–Crippen LogP) is 0.973. The van der Waals surface area contributed by atoms with E-state index in [1.807, 2.05) is 6.92 Å². The fraction of sp³-hybridized carbons (Fsp3) is 0.611. The first kappa shape index (κ1) is 22.5. The normalized spacial score (nSPS) is 25.8. The average molecular weight is 464 g/mol. The summed E-state index contributed by atoms with van der Waals surface area (Å²) in [6.07, 6.45) is 0.304. The molecule has 1 aromatic carbocycles. The largest absolute Gasteiger partial charge is 0.346 e. The van der Waals surface area contributed by atoms with Crippen LogP contribution in [0.25, 0.3) is 0 Å². The van der Waals surface area contributed by atoms with Crippen molar-refractivity contribution in [1.82, 2.24) is 14.5 Å². The molecular weight excluding hydrogens is 438 g/mol. The van der Waals surface area contributed by atoms with E-state index >= 15 is 0 Å². The zero-order valence-corrected chi connectivity index (χ0v) is 18.9. The highest BCUT2D eigenvalue weighted by Crippen LogP contribution is 2.27. The van der Waals surface area contributed by atoms with Crippen molar-refractivity contribution < 1.29 is 21.6 Å². The molecule has 0 saturated carbocycles. The van der Waals surface area contributed by atoms with Crippen molar-refractivity contribution in [1.29, 1.82) is 0 Å². The number of hydrogen-bond acceptors (Lipinski definition) is 6. The van der Waals surface area contributed by atoms with Crippen molar-refractivity contribution in [3.8, 4) is 0 Å². The molecule has 1 atom stereocenters. The summed E-state index contributed by atoms with van der Waals surface area (Å²) in [5.41, 5.74) is -0.879. The molecule has 2 fully saturated rings. The maximum absolute atomic E-state index is 13.0. The molecule has 0 spiro atoms. The summed E-state index contributed by atoms with van der Waals surface area (Å²) in [6.45, 7) is 6.65. The third kappa shape index (κ3) is 4.93. The molecule has 29 heavy (non-hydrogen) atoms. The summed E-state index contributed by atoms with van der Waals surface area (Å²) < 4.78 is 51.0. The summed E-state index contributed by atoms with van der Waals surface area (Å²) >= 11 is 6.16. The second-order valence-electron chi connectivity index (χ2n) is 7.84. The van der Waals surface area contributed by atoms with Crippen LogP contribution >= 0.6 is 11.6 Å². The number of amides is 1. The molecular formula is C18H26ClN3O5S2. The van der Waals surface area contributed by atoms with Crippen molar-refractivity contribution in [2.45, 2.75) is 30.7 Å². The molecule has 2 saturated heterocycles. The Morgan fingerprint density at radius 2 is 1.90 bits per heavy atom. The number of piperazine rings is 1. The van der Waals surface area contributed by atoms with Crippen molar-refractivity contribution in [3.05, 3.63) is 28.8 Å². The van der Waals surface area contributed by atoms with E-state index in [-0.39, 0.29) is 27.0 Å². The number of nitrogens with one attached hydrogen (secondary N) is 1. The van der Waals surface area contributed by atoms with E-state index < -0.39 is 31.3 Å². The first-order valence-electron chi connectivity index (χ1n) is 9.51. The summed E-state index contributed by atoms with van der Waals surface area (Å²) in [7, 11) is -6.95. The summed E-state index contributed by atoms with van der Waals surface area (Å²) in [5.74, 6) is -0.721. The van der Waals surface area contributed by atoms with Gasteiger partial charge in [-0.2, -0.15) is 4.31 Å². The fourth-order valence-corrected chi connectivity index (χ4v) is 7.47. The molecule has 162 valence electrons. The predicted molar refractivity (Wildman–Crippen MR) is 111 cm³/mol. The van der Waals surface area contributed by atoms with Crippen LogP contribution in [0.15, 0.2) is 23.1 Å². The van der Waals surface area contributed by atoms with Gasteiger partial charge in [0, 0.05) is 26.2 Å². The number of nitrogens with zero attached hydrogens (tertiary/aromatic N) is 2. The van der Waals surface area contributed by atoms with E-state index in [4.69, 9.17) is 11.6 Å². The van der Waals surface area contributed by atoms with E-state index in [0.29, 0.717) is 32.6 Å². The fourth-order valence-electron chi connectivity index (χ4n) is 3.72. The molecule has 2 aliphatic rings. The maximum Gasteiger partial charge on any atom is 0.253 e. The number of carbonyl (C=O) groups excluding carboxylic acids is 1. The molecule has 8 nitrogen and oxygen atoms in total. The van der Waals surface area contributed by atoms with Gasteiger partial charge >= 0.3 is 0 Å². The van der Waals surface area contributed by atoms with E-state index in [2.05, 4.69) is 10.2 Å². The third-order valence-electron chi connectivity index (χ3n) is 5.52. The molecule has 11 heteroatoms. The van der Waals surface area contributed by atoms with E-state index in [9.17, 15) is 21.6 Å². The van der Waals surface area contributed by atoms with Crippen LogP contribution in [0.4, 0.5) is 0 Å². The molecule has 0 radical (unpaired) electrons. The average Bonchev–Trinajstić information content (AvgIpc) is 2.94. The van der Waals surface area contributed by atoms with Crippen LogP contribution in [0.3, 0.4) is 0 Å². The summed E-state index contributed by atoms with van der Waals surface area (Å²) in [5, 5.41) is 2.83. The molecule has 3 rings (SSSR count). The number of sulfonamides is 1. The van der Waals surface area contributed by atoms with Gasteiger partial charge in [-0.15, -0.1) is 0 Å². The van der Waals surface area contributed by atoms with Crippen LogP contribution in [0.5, 0.6) is 0 Å². The monoisotopic (exact) mass is 463 g/mol. The van der Waals surface area contributed by atoms with Crippen LogP contribution in [0.2, 0.25) is 5.02 Å². The van der Waals surface area contributed by atoms with E-state index in [1.165, 1.54) is 22.5 Å². The van der Waals surface area contributed by atoms with Gasteiger partial charge in [-0.1, -0.05) is 18.5 Å². The van der Waals surface area contributed by atoms with Gasteiger partial charge in [0.2, 0.25) is 10.0 Å². The van der Waals surface area contributed by atoms with Gasteiger partial charge in [0.25, 0.3) is 5.91 Å². The van der Waals surface area contributed by atoms with Gasteiger partial charge in [-0.25, -0.2) is 16.8 Å². The van der Waals surface area contributed by atoms with Gasteiger partial charge in [0.1, 0.15) is 0 Å². The van der Waals surface area contributed by atoms with Gasteiger partial charge in [-0.3, -0.25) is 4.79 Å². The first-order valence-corrected chi connectivity index (χ1v) is 13.1. The van der Waals surface area contributed by atoms with Gasteiger partial charge < -0.3 is 10.2 Å². The Bertz CT molecular complexity index is 1000. The van der Waals surface area contributed by atoms with Crippen LogP contribution in [-0.2, 0) is 19.9 Å².